The first-order valence-electron chi connectivity index (χ1n) is 13.4. The van der Waals surface area contributed by atoms with E-state index in [0.717, 1.165) is 4.47 Å². The Morgan fingerprint density at radius 1 is 1.17 bits per heavy atom. The Morgan fingerprint density at radius 3 is 2.57 bits per heavy atom. The summed E-state index contributed by atoms with van der Waals surface area (Å²) in [4.78, 5) is 40.1. The van der Waals surface area contributed by atoms with E-state index in [1.54, 1.807) is 18.2 Å². The van der Waals surface area contributed by atoms with E-state index in [1.165, 1.54) is 31.4 Å². The van der Waals surface area contributed by atoms with Crippen molar-refractivity contribution in [3.8, 4) is 5.75 Å². The van der Waals surface area contributed by atoms with Crippen molar-refractivity contribution in [3.63, 3.8) is 0 Å². The summed E-state index contributed by atoms with van der Waals surface area (Å²) in [5.74, 6) is -2.95. The van der Waals surface area contributed by atoms with Gasteiger partial charge in [-0.1, -0.05) is 66.5 Å². The number of hydrogen-bond donors (Lipinski definition) is 4. The van der Waals surface area contributed by atoms with Crippen LogP contribution in [0.3, 0.4) is 0 Å². The fourth-order valence-corrected chi connectivity index (χ4v) is 6.85. The van der Waals surface area contributed by atoms with Crippen molar-refractivity contribution in [2.24, 2.45) is 11.1 Å². The van der Waals surface area contributed by atoms with Crippen LogP contribution in [0, 0.1) is 11.2 Å². The molecular formula is C31H31BrClFN4O4. The van der Waals surface area contributed by atoms with E-state index < -0.39 is 41.0 Å². The number of primary amides is 1. The van der Waals surface area contributed by atoms with Crippen LogP contribution in [0.5, 0.6) is 5.75 Å². The van der Waals surface area contributed by atoms with Crippen molar-refractivity contribution in [1.29, 1.82) is 0 Å². The molecule has 0 aromatic heterocycles. The Bertz CT molecular complexity index is 1610. The maximum atomic E-state index is 15.9. The number of methoxy groups -OCH3 is 1. The second-order valence-electron chi connectivity index (χ2n) is 11.9. The monoisotopic (exact) mass is 656 g/mol. The standard InChI is InChI=1S/C31H31BrClFN4O4/c1-30(2,3)14-23-31(18-10-9-16(32)13-21(18)37-29(31)41)24(17-6-5-7-19(33)25(17)34)26(38-23)28(40)36-20-11-8-15(27(35)39)12-22(20)42-4/h5-13,23-24,26,38H,14H2,1-4H3,(H2,35,39)(H,36,40)(H,37,41)/t23-,24-,26+,31+/m0/s1. The summed E-state index contributed by atoms with van der Waals surface area (Å²) < 4.78 is 22.1. The second kappa shape index (κ2) is 11.0. The SMILES string of the molecule is COc1cc(C(N)=O)ccc1NC(=O)[C@@H]1N[C@@H](CC(C)(C)C)[C@@]2(C(=O)Nc3cc(Br)ccc32)[C@H]1c1cccc(Cl)c1F. The molecule has 0 aliphatic carbocycles. The van der Waals surface area contributed by atoms with Crippen LogP contribution in [0.1, 0.15) is 54.6 Å². The molecule has 220 valence electrons. The summed E-state index contributed by atoms with van der Waals surface area (Å²) in [7, 11) is 1.40. The van der Waals surface area contributed by atoms with Gasteiger partial charge in [0, 0.05) is 27.7 Å². The Hall–Kier alpha value is -3.47. The van der Waals surface area contributed by atoms with Crippen LogP contribution in [-0.2, 0) is 15.0 Å². The highest BCUT2D eigenvalue weighted by Gasteiger charge is 2.66. The molecule has 3 amide bonds. The number of carbonyl (C=O) groups excluding carboxylic acids is 3. The topological polar surface area (TPSA) is 123 Å². The van der Waals surface area contributed by atoms with Crippen LogP contribution in [0.25, 0.3) is 0 Å². The molecule has 42 heavy (non-hydrogen) atoms. The molecule has 2 aliphatic heterocycles. The largest absolute Gasteiger partial charge is 0.495 e. The van der Waals surface area contributed by atoms with Gasteiger partial charge in [0.2, 0.25) is 17.7 Å². The van der Waals surface area contributed by atoms with Gasteiger partial charge >= 0.3 is 0 Å². The van der Waals surface area contributed by atoms with Crippen LogP contribution >= 0.6 is 27.5 Å². The number of halogens is 3. The fourth-order valence-electron chi connectivity index (χ4n) is 6.31. The molecule has 0 saturated carbocycles. The van der Waals surface area contributed by atoms with E-state index in [0.29, 0.717) is 17.7 Å². The van der Waals surface area contributed by atoms with Gasteiger partial charge in [-0.05, 0) is 59.4 Å². The van der Waals surface area contributed by atoms with Crippen molar-refractivity contribution in [1.82, 2.24) is 5.32 Å². The number of rotatable bonds is 6. The second-order valence-corrected chi connectivity index (χ2v) is 13.2. The lowest BCUT2D eigenvalue weighted by molar-refractivity contribution is -0.122. The summed E-state index contributed by atoms with van der Waals surface area (Å²) in [6.45, 7) is 6.14. The fraction of sp³-hybridized carbons (Fsp3) is 0.323. The normalized spacial score (nSPS) is 23.0. The molecule has 4 atom stereocenters. The molecule has 3 aromatic rings. The van der Waals surface area contributed by atoms with Crippen molar-refractivity contribution in [2.45, 2.75) is 50.6 Å². The lowest BCUT2D eigenvalue weighted by Gasteiger charge is -2.37. The van der Waals surface area contributed by atoms with Gasteiger partial charge in [0.1, 0.15) is 17.0 Å². The highest BCUT2D eigenvalue weighted by Crippen LogP contribution is 2.57. The van der Waals surface area contributed by atoms with E-state index >= 15 is 4.39 Å². The van der Waals surface area contributed by atoms with E-state index in [9.17, 15) is 14.4 Å². The van der Waals surface area contributed by atoms with Crippen LogP contribution in [-0.4, -0.2) is 36.9 Å². The van der Waals surface area contributed by atoms with E-state index in [1.807, 2.05) is 32.9 Å². The molecule has 5 rings (SSSR count). The molecule has 1 fully saturated rings. The van der Waals surface area contributed by atoms with Gasteiger partial charge in [-0.15, -0.1) is 0 Å². The van der Waals surface area contributed by atoms with Crippen molar-refractivity contribution >= 4 is 56.6 Å². The number of nitrogens with two attached hydrogens (primary N) is 1. The van der Waals surface area contributed by atoms with Crippen LogP contribution < -0.4 is 26.4 Å². The van der Waals surface area contributed by atoms with Crippen LogP contribution in [0.15, 0.2) is 59.1 Å². The zero-order chi connectivity index (χ0) is 30.6. The smallest absolute Gasteiger partial charge is 0.248 e. The van der Waals surface area contributed by atoms with Crippen LogP contribution in [0.2, 0.25) is 5.02 Å². The first kappa shape index (κ1) is 30.0. The quantitative estimate of drug-likeness (QED) is 0.270. The molecule has 1 saturated heterocycles. The predicted molar refractivity (Wildman–Crippen MR) is 164 cm³/mol. The summed E-state index contributed by atoms with van der Waals surface area (Å²) in [5.41, 5.74) is 5.69. The highest BCUT2D eigenvalue weighted by atomic mass is 79.9. The van der Waals surface area contributed by atoms with Crippen molar-refractivity contribution in [3.05, 3.63) is 86.6 Å². The lowest BCUT2D eigenvalue weighted by Crippen LogP contribution is -2.49. The molecule has 5 N–H and O–H groups in total. The van der Waals surface area contributed by atoms with E-state index in [-0.39, 0.29) is 38.9 Å². The Labute approximate surface area is 256 Å². The summed E-state index contributed by atoms with van der Waals surface area (Å²) >= 11 is 9.74. The van der Waals surface area contributed by atoms with Crippen molar-refractivity contribution in [2.75, 3.05) is 17.7 Å². The maximum Gasteiger partial charge on any atom is 0.248 e. The van der Waals surface area contributed by atoms with E-state index in [4.69, 9.17) is 22.1 Å². The molecule has 8 nitrogen and oxygen atoms in total. The summed E-state index contributed by atoms with van der Waals surface area (Å²) in [6, 6.07) is 12.9. The number of nitrogens with one attached hydrogen (secondary N) is 3. The number of anilines is 2. The molecule has 1 spiro atoms. The number of fused-ring (bicyclic) bond motifs is 2. The van der Waals surface area contributed by atoms with Gasteiger partial charge in [0.25, 0.3) is 0 Å². The summed E-state index contributed by atoms with van der Waals surface area (Å²) in [6.07, 6.45) is 0.495. The minimum Gasteiger partial charge on any atom is -0.495 e. The number of benzene rings is 3. The number of carbonyl (C=O) groups is 3. The van der Waals surface area contributed by atoms with Gasteiger partial charge in [-0.25, -0.2) is 4.39 Å². The molecule has 3 aromatic carbocycles. The van der Waals surface area contributed by atoms with Gasteiger partial charge in [0.05, 0.1) is 23.9 Å². The number of amides is 3. The average Bonchev–Trinajstić information content (AvgIpc) is 3.39. The lowest BCUT2D eigenvalue weighted by atomic mass is 9.62. The third kappa shape index (κ3) is 5.05. The average molecular weight is 658 g/mol. The van der Waals surface area contributed by atoms with Crippen molar-refractivity contribution < 1.29 is 23.5 Å². The molecule has 2 aliphatic rings. The minimum absolute atomic E-state index is 0.112. The maximum absolute atomic E-state index is 15.9. The zero-order valence-electron chi connectivity index (χ0n) is 23.5. The predicted octanol–water partition coefficient (Wildman–Crippen LogP) is 5.74. The van der Waals surface area contributed by atoms with Gasteiger partial charge in [0.15, 0.2) is 0 Å². The Morgan fingerprint density at radius 2 is 1.90 bits per heavy atom. The number of hydrogen-bond acceptors (Lipinski definition) is 5. The van der Waals surface area contributed by atoms with E-state index in [2.05, 4.69) is 31.9 Å². The minimum atomic E-state index is -1.35. The van der Waals surface area contributed by atoms with Gasteiger partial charge < -0.3 is 26.4 Å². The Balaban J connectivity index is 1.70. The number of ether oxygens (including phenoxy) is 1. The molecule has 2 heterocycles. The first-order valence-corrected chi connectivity index (χ1v) is 14.5. The first-order chi connectivity index (χ1) is 19.8. The molecule has 0 unspecified atom stereocenters. The highest BCUT2D eigenvalue weighted by molar-refractivity contribution is 9.10. The van der Waals surface area contributed by atoms with Crippen LogP contribution in [0.4, 0.5) is 15.8 Å². The third-order valence-electron chi connectivity index (χ3n) is 7.96. The zero-order valence-corrected chi connectivity index (χ0v) is 25.8. The Kier molecular flexibility index (Phi) is 7.85. The summed E-state index contributed by atoms with van der Waals surface area (Å²) in [5, 5.41) is 9.20. The van der Waals surface area contributed by atoms with Gasteiger partial charge in [-0.2, -0.15) is 0 Å². The van der Waals surface area contributed by atoms with Gasteiger partial charge in [-0.3, -0.25) is 14.4 Å². The molecule has 11 heteroatoms. The molecular weight excluding hydrogens is 627 g/mol. The molecule has 0 bridgehead atoms. The molecule has 0 radical (unpaired) electrons. The third-order valence-corrected chi connectivity index (χ3v) is 8.75.